The van der Waals surface area contributed by atoms with Crippen molar-refractivity contribution in [2.75, 3.05) is 59.1 Å². The second-order valence-electron chi connectivity index (χ2n) is 17.9. The largest absolute Gasteiger partial charge is 0.496 e. The van der Waals surface area contributed by atoms with Crippen LogP contribution in [0.3, 0.4) is 0 Å². The molecule has 1 unspecified atom stereocenters. The van der Waals surface area contributed by atoms with Gasteiger partial charge in [-0.05, 0) is 92.9 Å². The fourth-order valence-electron chi connectivity index (χ4n) is 9.82. The Morgan fingerprint density at radius 1 is 1.03 bits per heavy atom. The molecule has 3 aromatic rings. The molecule has 59 heavy (non-hydrogen) atoms. The SMILES string of the molecule is COc1c(CN2O[C@@H](CO)[C@@H]([C@H](C)O)[C@H]2C(=O)NC2C[C@H]3C[C@@H]([C@@H]2C)C3(C)C)cccc1-c1cc(C(=O)N[C@H](CN(C)C)CS(=O)(=O)c2ccccc2)cc(N(C)C)c1. The van der Waals surface area contributed by atoms with Gasteiger partial charge in [0.15, 0.2) is 9.84 Å². The molecule has 1 saturated heterocycles. The molecule has 0 aromatic heterocycles. The van der Waals surface area contributed by atoms with E-state index in [9.17, 15) is 28.2 Å². The fourth-order valence-corrected chi connectivity index (χ4v) is 11.3. The molecule has 2 bridgehead atoms. The number of aliphatic hydroxyl groups is 2. The minimum Gasteiger partial charge on any atom is -0.496 e. The number of amides is 2. The molecule has 14 heteroatoms. The molecular formula is C45H63N5O8S. The number of hydrogen-bond acceptors (Lipinski definition) is 11. The minimum atomic E-state index is -3.70. The van der Waals surface area contributed by atoms with Crippen LogP contribution < -0.4 is 20.3 Å². The summed E-state index contributed by atoms with van der Waals surface area (Å²) in [7, 11) is 5.27. The Bertz CT molecular complexity index is 2080. The Morgan fingerprint density at radius 3 is 2.34 bits per heavy atom. The number of hydroxylamine groups is 2. The van der Waals surface area contributed by atoms with Crippen LogP contribution in [0.15, 0.2) is 71.6 Å². The van der Waals surface area contributed by atoms with Crippen LogP contribution in [0.1, 0.15) is 56.5 Å². The van der Waals surface area contributed by atoms with Gasteiger partial charge in [0.2, 0.25) is 5.91 Å². The van der Waals surface area contributed by atoms with Gasteiger partial charge >= 0.3 is 0 Å². The Kier molecular flexibility index (Phi) is 13.5. The molecule has 1 heterocycles. The van der Waals surface area contributed by atoms with Gasteiger partial charge in [-0.25, -0.2) is 8.42 Å². The van der Waals surface area contributed by atoms with E-state index in [0.29, 0.717) is 52.3 Å². The maximum absolute atomic E-state index is 14.3. The molecule has 9 atom stereocenters. The van der Waals surface area contributed by atoms with Gasteiger partial charge in [-0.2, -0.15) is 5.06 Å². The number of nitrogens with zero attached hydrogens (tertiary/aromatic N) is 3. The number of carbonyl (C=O) groups excluding carboxylic acids is 2. The first-order valence-corrected chi connectivity index (χ1v) is 22.3. The van der Waals surface area contributed by atoms with Crippen molar-refractivity contribution in [3.05, 3.63) is 77.9 Å². The summed E-state index contributed by atoms with van der Waals surface area (Å²) in [6.45, 7) is 8.52. The maximum atomic E-state index is 14.3. The number of sulfone groups is 1. The molecule has 4 fully saturated rings. The summed E-state index contributed by atoms with van der Waals surface area (Å²) in [6, 6.07) is 17.7. The van der Waals surface area contributed by atoms with Gasteiger partial charge in [0.1, 0.15) is 17.9 Å². The molecule has 4 N–H and O–H groups in total. The average molecular weight is 834 g/mol. The number of fused-ring (bicyclic) bond motifs is 2. The minimum absolute atomic E-state index is 0.00334. The molecule has 3 aromatic carbocycles. The Balaban J connectivity index is 1.29. The number of methoxy groups -OCH3 is 1. The summed E-state index contributed by atoms with van der Waals surface area (Å²) in [4.78, 5) is 38.6. The number of para-hydroxylation sites is 1. The fraction of sp³-hybridized carbons (Fsp3) is 0.556. The van der Waals surface area contributed by atoms with Crippen molar-refractivity contribution in [2.24, 2.45) is 29.1 Å². The third-order valence-electron chi connectivity index (χ3n) is 13.1. The Labute approximate surface area is 349 Å². The van der Waals surface area contributed by atoms with Gasteiger partial charge in [-0.15, -0.1) is 0 Å². The number of ether oxygens (including phenoxy) is 1. The molecule has 1 aliphatic heterocycles. The quantitative estimate of drug-likeness (QED) is 0.164. The number of likely N-dealkylation sites (N-methyl/N-ethyl adjacent to an activating group) is 1. The Morgan fingerprint density at radius 2 is 1.75 bits per heavy atom. The maximum Gasteiger partial charge on any atom is 0.251 e. The summed E-state index contributed by atoms with van der Waals surface area (Å²) >= 11 is 0. The van der Waals surface area contributed by atoms with Crippen molar-refractivity contribution in [1.29, 1.82) is 0 Å². The van der Waals surface area contributed by atoms with Crippen molar-refractivity contribution in [3.63, 3.8) is 0 Å². The van der Waals surface area contributed by atoms with Crippen molar-refractivity contribution < 1.29 is 37.8 Å². The van der Waals surface area contributed by atoms with E-state index in [1.807, 2.05) is 62.3 Å². The molecule has 13 nitrogen and oxygen atoms in total. The first-order chi connectivity index (χ1) is 27.9. The molecule has 3 aliphatic carbocycles. The van der Waals surface area contributed by atoms with Crippen LogP contribution in [0, 0.1) is 29.1 Å². The van der Waals surface area contributed by atoms with E-state index in [1.54, 1.807) is 61.6 Å². The van der Waals surface area contributed by atoms with Crippen LogP contribution in [-0.4, -0.2) is 125 Å². The molecule has 322 valence electrons. The van der Waals surface area contributed by atoms with E-state index in [-0.39, 0.29) is 41.2 Å². The van der Waals surface area contributed by atoms with Gasteiger partial charge in [0, 0.05) is 55.0 Å². The average Bonchev–Trinajstić information content (AvgIpc) is 3.56. The van der Waals surface area contributed by atoms with Crippen LogP contribution in [0.25, 0.3) is 11.1 Å². The summed E-state index contributed by atoms with van der Waals surface area (Å²) < 4.78 is 32.8. The van der Waals surface area contributed by atoms with E-state index in [1.165, 1.54) is 6.42 Å². The predicted molar refractivity (Wildman–Crippen MR) is 229 cm³/mol. The lowest BCUT2D eigenvalue weighted by atomic mass is 9.45. The van der Waals surface area contributed by atoms with Crippen molar-refractivity contribution in [3.8, 4) is 16.9 Å². The van der Waals surface area contributed by atoms with Crippen LogP contribution >= 0.6 is 0 Å². The third kappa shape index (κ3) is 9.33. The lowest BCUT2D eigenvalue weighted by Crippen LogP contribution is -2.62. The van der Waals surface area contributed by atoms with Crippen molar-refractivity contribution >= 4 is 27.3 Å². The highest BCUT2D eigenvalue weighted by Crippen LogP contribution is 2.61. The molecule has 4 aliphatic rings. The highest BCUT2D eigenvalue weighted by molar-refractivity contribution is 7.91. The summed E-state index contributed by atoms with van der Waals surface area (Å²) in [5, 5.41) is 29.3. The normalized spacial score (nSPS) is 26.1. The van der Waals surface area contributed by atoms with Gasteiger partial charge in [0.25, 0.3) is 5.91 Å². The standard InChI is InChI=1S/C45H63N5O8S/c1-27-37-21-32(45(37,3)4)22-38(27)47-44(54)41-40(28(2)52)39(25-51)58-50(41)23-29-14-13-17-36(42(29)57-9)30-18-31(20-34(19-30)49(7)8)43(53)46-33(24-48(5)6)26-59(55,56)35-15-11-10-12-16-35/h10-20,27-28,32-33,37-41,51-52H,21-26H2,1-9H3,(H,46,53)(H,47,54)/t27-,28-,32+,33+,37-,38?,39-,40+,41-/m0/s1. The van der Waals surface area contributed by atoms with Gasteiger partial charge in [-0.1, -0.05) is 57.2 Å². The van der Waals surface area contributed by atoms with E-state index in [2.05, 4.69) is 31.4 Å². The Hall–Kier alpha value is -4.05. The van der Waals surface area contributed by atoms with Crippen molar-refractivity contribution in [2.45, 2.75) is 82.3 Å². The van der Waals surface area contributed by atoms with E-state index in [4.69, 9.17) is 9.57 Å². The summed E-state index contributed by atoms with van der Waals surface area (Å²) in [5.74, 6) is 0.250. The smallest absolute Gasteiger partial charge is 0.251 e. The van der Waals surface area contributed by atoms with E-state index < -0.39 is 46.0 Å². The van der Waals surface area contributed by atoms with Crippen LogP contribution in [0.4, 0.5) is 5.69 Å². The molecular weight excluding hydrogens is 771 g/mol. The molecule has 3 saturated carbocycles. The van der Waals surface area contributed by atoms with Crippen LogP contribution in [0.2, 0.25) is 0 Å². The van der Waals surface area contributed by atoms with Gasteiger partial charge < -0.3 is 35.4 Å². The number of carbonyl (C=O) groups is 2. The molecule has 2 amide bonds. The number of anilines is 1. The summed E-state index contributed by atoms with van der Waals surface area (Å²) in [6.07, 6.45) is 0.342. The van der Waals surface area contributed by atoms with Crippen molar-refractivity contribution in [1.82, 2.24) is 20.6 Å². The zero-order valence-electron chi connectivity index (χ0n) is 35.9. The van der Waals surface area contributed by atoms with Crippen LogP contribution in [-0.2, 0) is 26.0 Å². The van der Waals surface area contributed by atoms with Crippen LogP contribution in [0.5, 0.6) is 5.75 Å². The number of hydrogen-bond donors (Lipinski definition) is 4. The number of rotatable bonds is 16. The molecule has 7 rings (SSSR count). The van der Waals surface area contributed by atoms with Gasteiger partial charge in [0.05, 0.1) is 43.1 Å². The first-order valence-electron chi connectivity index (χ1n) is 20.6. The lowest BCUT2D eigenvalue weighted by molar-refractivity contribution is -0.183. The zero-order chi connectivity index (χ0) is 43.0. The predicted octanol–water partition coefficient (Wildman–Crippen LogP) is 4.22. The molecule has 0 spiro atoms. The van der Waals surface area contributed by atoms with Gasteiger partial charge in [-0.3, -0.25) is 14.4 Å². The molecule has 0 radical (unpaired) electrons. The first kappa shape index (κ1) is 44.5. The summed E-state index contributed by atoms with van der Waals surface area (Å²) in [5.41, 5.74) is 3.39. The highest BCUT2D eigenvalue weighted by atomic mass is 32.2. The highest BCUT2D eigenvalue weighted by Gasteiger charge is 2.57. The monoisotopic (exact) mass is 833 g/mol. The lowest BCUT2D eigenvalue weighted by Gasteiger charge is -2.62. The second kappa shape index (κ2) is 17.9. The van der Waals surface area contributed by atoms with E-state index in [0.717, 1.165) is 12.1 Å². The number of aliphatic hydroxyl groups excluding tert-OH is 2. The van der Waals surface area contributed by atoms with E-state index >= 15 is 0 Å². The second-order valence-corrected chi connectivity index (χ2v) is 20.0. The third-order valence-corrected chi connectivity index (χ3v) is 15.0. The zero-order valence-corrected chi connectivity index (χ0v) is 36.7. The topological polar surface area (TPSA) is 161 Å². The number of nitrogens with one attached hydrogen (secondary N) is 2. The number of benzene rings is 3.